The predicted molar refractivity (Wildman–Crippen MR) is 77.9 cm³/mol. The van der Waals surface area contributed by atoms with E-state index in [1.165, 1.54) is 7.11 Å². The molecule has 0 amide bonds. The van der Waals surface area contributed by atoms with Crippen LogP contribution in [-0.4, -0.2) is 18.0 Å². The molecule has 2 aromatic rings. The van der Waals surface area contributed by atoms with Crippen LogP contribution in [0.5, 0.6) is 17.2 Å². The lowest BCUT2D eigenvalue weighted by molar-refractivity contribution is -0.126. The number of methoxy groups -OCH3 is 1. The highest BCUT2D eigenvalue weighted by Gasteiger charge is 2.32. The highest BCUT2D eigenvalue weighted by molar-refractivity contribution is 5.89. The zero-order valence-electron chi connectivity index (χ0n) is 11.9. The molecule has 21 heavy (non-hydrogen) atoms. The van der Waals surface area contributed by atoms with Crippen molar-refractivity contribution in [1.29, 1.82) is 0 Å². The van der Waals surface area contributed by atoms with Crippen molar-refractivity contribution in [3.05, 3.63) is 53.1 Å². The molecular weight excluding hydrogens is 268 g/mol. The van der Waals surface area contributed by atoms with Gasteiger partial charge in [-0.25, -0.2) is 0 Å². The highest BCUT2D eigenvalue weighted by atomic mass is 16.5. The Balaban J connectivity index is 2.05. The van der Waals surface area contributed by atoms with Gasteiger partial charge >= 0.3 is 0 Å². The van der Waals surface area contributed by atoms with Crippen molar-refractivity contribution in [2.45, 2.75) is 19.4 Å². The summed E-state index contributed by atoms with van der Waals surface area (Å²) in [6.45, 7) is 1.75. The first kappa shape index (κ1) is 13.5. The minimum atomic E-state index is -0.634. The third kappa shape index (κ3) is 2.23. The number of carbonyl (C=O) groups is 1. The lowest BCUT2D eigenvalue weighted by Crippen LogP contribution is -2.26. The van der Waals surface area contributed by atoms with E-state index in [1.807, 2.05) is 30.3 Å². The highest BCUT2D eigenvalue weighted by Crippen LogP contribution is 2.43. The van der Waals surface area contributed by atoms with Crippen molar-refractivity contribution < 1.29 is 19.4 Å². The zero-order chi connectivity index (χ0) is 15.0. The standard InChI is InChI=1S/C17H16O4/c1-10-14(20-2)9-15-12(16(10)19)8-13(18)17(21-15)11-6-4-3-5-7-11/h3-7,9,17,19H,8H2,1-2H3. The molecule has 4 heteroatoms. The summed E-state index contributed by atoms with van der Waals surface area (Å²) >= 11 is 0. The van der Waals surface area contributed by atoms with Gasteiger partial charge in [0.05, 0.1) is 7.11 Å². The van der Waals surface area contributed by atoms with Gasteiger partial charge in [0, 0.05) is 23.6 Å². The first-order valence-electron chi connectivity index (χ1n) is 6.75. The first-order chi connectivity index (χ1) is 10.1. The number of carbonyl (C=O) groups excluding carboxylic acids is 1. The van der Waals surface area contributed by atoms with Crippen LogP contribution in [0, 0.1) is 6.92 Å². The molecule has 3 rings (SSSR count). The Labute approximate surface area is 122 Å². The molecule has 0 saturated carbocycles. The summed E-state index contributed by atoms with van der Waals surface area (Å²) in [6, 6.07) is 11.1. The number of benzene rings is 2. The van der Waals surface area contributed by atoms with Gasteiger partial charge in [0.1, 0.15) is 17.2 Å². The van der Waals surface area contributed by atoms with Gasteiger partial charge in [0.15, 0.2) is 11.9 Å². The zero-order valence-corrected chi connectivity index (χ0v) is 11.9. The summed E-state index contributed by atoms with van der Waals surface area (Å²) in [5.41, 5.74) is 1.96. The lowest BCUT2D eigenvalue weighted by Gasteiger charge is -2.27. The Hall–Kier alpha value is -2.49. The molecular formula is C17H16O4. The van der Waals surface area contributed by atoms with Gasteiger partial charge in [0.2, 0.25) is 0 Å². The van der Waals surface area contributed by atoms with Gasteiger partial charge in [-0.1, -0.05) is 30.3 Å². The predicted octanol–water partition coefficient (Wildman–Crippen LogP) is 2.95. The summed E-state index contributed by atoms with van der Waals surface area (Å²) in [7, 11) is 1.54. The molecule has 1 N–H and O–H groups in total. The minimum absolute atomic E-state index is 0.0615. The van der Waals surface area contributed by atoms with Gasteiger partial charge in [-0.05, 0) is 12.5 Å². The van der Waals surface area contributed by atoms with Gasteiger partial charge in [-0.15, -0.1) is 0 Å². The van der Waals surface area contributed by atoms with Gasteiger partial charge in [-0.3, -0.25) is 4.79 Å². The van der Waals surface area contributed by atoms with Crippen molar-refractivity contribution in [2.75, 3.05) is 7.11 Å². The van der Waals surface area contributed by atoms with Crippen LogP contribution in [-0.2, 0) is 11.2 Å². The summed E-state index contributed by atoms with van der Waals surface area (Å²) < 4.78 is 11.1. The van der Waals surface area contributed by atoms with Crippen molar-refractivity contribution in [2.24, 2.45) is 0 Å². The number of phenols is 1. The fourth-order valence-electron chi connectivity index (χ4n) is 2.60. The molecule has 0 aromatic heterocycles. The molecule has 1 atom stereocenters. The summed E-state index contributed by atoms with van der Waals surface area (Å²) in [6.07, 6.45) is -0.475. The second kappa shape index (κ2) is 5.13. The lowest BCUT2D eigenvalue weighted by atomic mass is 9.94. The number of hydrogen-bond acceptors (Lipinski definition) is 4. The van der Waals surface area contributed by atoms with E-state index in [-0.39, 0.29) is 18.0 Å². The fraction of sp³-hybridized carbons (Fsp3) is 0.235. The second-order valence-electron chi connectivity index (χ2n) is 5.08. The average Bonchev–Trinajstić information content (AvgIpc) is 2.52. The van der Waals surface area contributed by atoms with Gasteiger partial charge in [0.25, 0.3) is 0 Å². The fourth-order valence-corrected chi connectivity index (χ4v) is 2.60. The molecule has 0 spiro atoms. The van der Waals surface area contributed by atoms with Crippen LogP contribution >= 0.6 is 0 Å². The molecule has 1 aliphatic heterocycles. The van der Waals surface area contributed by atoms with E-state index in [0.717, 1.165) is 5.56 Å². The Bertz CT molecular complexity index is 692. The summed E-state index contributed by atoms with van der Waals surface area (Å²) in [5.74, 6) is 1.06. The maximum Gasteiger partial charge on any atom is 0.182 e. The van der Waals surface area contributed by atoms with Crippen LogP contribution in [0.1, 0.15) is 22.8 Å². The molecule has 108 valence electrons. The number of Topliss-reactive ketones (excluding diaryl/α,β-unsaturated/α-hetero) is 1. The maximum atomic E-state index is 12.3. The molecule has 1 heterocycles. The SMILES string of the molecule is COc1cc2c(c(O)c1C)CC(=O)C(c1ccccc1)O2. The number of ether oxygens (including phenoxy) is 2. The molecule has 0 radical (unpaired) electrons. The first-order valence-corrected chi connectivity index (χ1v) is 6.75. The molecule has 0 aliphatic carbocycles. The number of fused-ring (bicyclic) bond motifs is 1. The van der Waals surface area contributed by atoms with E-state index < -0.39 is 6.10 Å². The molecule has 0 saturated heterocycles. The number of phenolic OH excluding ortho intramolecular Hbond substituents is 1. The Morgan fingerprint density at radius 2 is 2.00 bits per heavy atom. The minimum Gasteiger partial charge on any atom is -0.507 e. The van der Waals surface area contributed by atoms with E-state index in [0.29, 0.717) is 22.6 Å². The summed E-state index contributed by atoms with van der Waals surface area (Å²) in [4.78, 5) is 12.3. The Morgan fingerprint density at radius 3 is 2.67 bits per heavy atom. The van der Waals surface area contributed by atoms with Crippen LogP contribution < -0.4 is 9.47 Å². The third-order valence-corrected chi connectivity index (χ3v) is 3.78. The van der Waals surface area contributed by atoms with Crippen LogP contribution in [0.3, 0.4) is 0 Å². The van der Waals surface area contributed by atoms with E-state index in [1.54, 1.807) is 13.0 Å². The van der Waals surface area contributed by atoms with Crippen molar-refractivity contribution in [1.82, 2.24) is 0 Å². The molecule has 0 bridgehead atoms. The molecule has 0 fully saturated rings. The Morgan fingerprint density at radius 1 is 1.29 bits per heavy atom. The smallest absolute Gasteiger partial charge is 0.182 e. The molecule has 1 unspecified atom stereocenters. The van der Waals surface area contributed by atoms with Crippen LogP contribution in [0.4, 0.5) is 0 Å². The maximum absolute atomic E-state index is 12.3. The van der Waals surface area contributed by atoms with Crippen molar-refractivity contribution in [3.63, 3.8) is 0 Å². The van der Waals surface area contributed by atoms with E-state index >= 15 is 0 Å². The van der Waals surface area contributed by atoms with Gasteiger partial charge < -0.3 is 14.6 Å². The summed E-state index contributed by atoms with van der Waals surface area (Å²) in [5, 5.41) is 10.2. The second-order valence-corrected chi connectivity index (χ2v) is 5.08. The van der Waals surface area contributed by atoms with E-state index in [2.05, 4.69) is 0 Å². The van der Waals surface area contributed by atoms with Crippen molar-refractivity contribution >= 4 is 5.78 Å². The van der Waals surface area contributed by atoms with Crippen LogP contribution in [0.2, 0.25) is 0 Å². The third-order valence-electron chi connectivity index (χ3n) is 3.78. The normalized spacial score (nSPS) is 17.0. The molecule has 4 nitrogen and oxygen atoms in total. The Kier molecular flexibility index (Phi) is 3.29. The van der Waals surface area contributed by atoms with E-state index in [4.69, 9.17) is 9.47 Å². The van der Waals surface area contributed by atoms with Crippen molar-refractivity contribution in [3.8, 4) is 17.2 Å². The van der Waals surface area contributed by atoms with E-state index in [9.17, 15) is 9.90 Å². The molecule has 2 aromatic carbocycles. The monoisotopic (exact) mass is 284 g/mol. The van der Waals surface area contributed by atoms with Crippen LogP contribution in [0.25, 0.3) is 0 Å². The number of ketones is 1. The van der Waals surface area contributed by atoms with Gasteiger partial charge in [-0.2, -0.15) is 0 Å². The number of aromatic hydroxyl groups is 1. The largest absolute Gasteiger partial charge is 0.507 e. The molecule has 1 aliphatic rings. The quantitative estimate of drug-likeness (QED) is 0.921. The number of hydrogen-bond donors (Lipinski definition) is 1. The average molecular weight is 284 g/mol. The van der Waals surface area contributed by atoms with Crippen LogP contribution in [0.15, 0.2) is 36.4 Å². The number of rotatable bonds is 2. The topological polar surface area (TPSA) is 55.8 Å².